The lowest BCUT2D eigenvalue weighted by Gasteiger charge is -2.19. The summed E-state index contributed by atoms with van der Waals surface area (Å²) in [5.74, 6) is 6.47. The predicted molar refractivity (Wildman–Crippen MR) is 89.5 cm³/mol. The molecule has 6 nitrogen and oxygen atoms in total. The monoisotopic (exact) mass is 332 g/mol. The quantitative estimate of drug-likeness (QED) is 0.686. The number of thioether (sulfide) groups is 1. The molecule has 2 heterocycles. The van der Waals surface area contributed by atoms with Crippen molar-refractivity contribution < 1.29 is 9.53 Å². The van der Waals surface area contributed by atoms with Gasteiger partial charge in [-0.1, -0.05) is 56.8 Å². The van der Waals surface area contributed by atoms with Crippen LogP contribution in [0.2, 0.25) is 0 Å². The topological polar surface area (TPSA) is 83.0 Å². The molecule has 1 atom stereocenters. The standard InChI is InChI=1S/C16H20N4O2S/c1-16(2,3)11-6-4-10(5-7-11)13-18-19-15(20(13)17)23-12-8-9-22-14(12)21/h4-7,12H,8-9,17H2,1-3H3/t12-/m1/s1. The van der Waals surface area contributed by atoms with E-state index in [4.69, 9.17) is 10.6 Å². The molecule has 0 unspecified atom stereocenters. The van der Waals surface area contributed by atoms with E-state index in [1.165, 1.54) is 22.0 Å². The molecule has 1 saturated heterocycles. The molecule has 0 aliphatic carbocycles. The van der Waals surface area contributed by atoms with Crippen LogP contribution < -0.4 is 5.84 Å². The van der Waals surface area contributed by atoms with Crippen LogP contribution in [0.15, 0.2) is 29.4 Å². The number of esters is 1. The predicted octanol–water partition coefficient (Wildman–Crippen LogP) is 2.36. The number of aromatic nitrogens is 3. The van der Waals surface area contributed by atoms with Crippen LogP contribution in [0.3, 0.4) is 0 Å². The Hall–Kier alpha value is -2.02. The molecule has 0 bridgehead atoms. The zero-order chi connectivity index (χ0) is 16.6. The zero-order valence-electron chi connectivity index (χ0n) is 13.4. The molecular weight excluding hydrogens is 312 g/mol. The second-order valence-electron chi connectivity index (χ2n) is 6.57. The smallest absolute Gasteiger partial charge is 0.319 e. The molecule has 0 spiro atoms. The number of rotatable bonds is 3. The molecule has 122 valence electrons. The molecule has 0 saturated carbocycles. The minimum atomic E-state index is -0.252. The van der Waals surface area contributed by atoms with Gasteiger partial charge in [-0.2, -0.15) is 0 Å². The lowest BCUT2D eigenvalue weighted by molar-refractivity contribution is -0.137. The average Bonchev–Trinajstić information content (AvgIpc) is 3.06. The molecule has 3 rings (SSSR count). The Morgan fingerprint density at radius 3 is 2.52 bits per heavy atom. The number of ether oxygens (including phenoxy) is 1. The van der Waals surface area contributed by atoms with Crippen molar-refractivity contribution in [3.05, 3.63) is 29.8 Å². The fraction of sp³-hybridized carbons (Fsp3) is 0.438. The maximum absolute atomic E-state index is 11.6. The highest BCUT2D eigenvalue weighted by molar-refractivity contribution is 8.00. The minimum absolute atomic E-state index is 0.0960. The van der Waals surface area contributed by atoms with E-state index in [1.54, 1.807) is 0 Å². The lowest BCUT2D eigenvalue weighted by atomic mass is 9.87. The van der Waals surface area contributed by atoms with E-state index in [0.29, 0.717) is 24.0 Å². The fourth-order valence-electron chi connectivity index (χ4n) is 2.39. The molecule has 2 N–H and O–H groups in total. The Labute approximate surface area is 139 Å². The number of benzene rings is 1. The molecule has 1 aliphatic heterocycles. The molecule has 2 aromatic rings. The largest absolute Gasteiger partial charge is 0.465 e. The number of hydrogen-bond acceptors (Lipinski definition) is 6. The van der Waals surface area contributed by atoms with Crippen molar-refractivity contribution in [1.82, 2.24) is 14.9 Å². The van der Waals surface area contributed by atoms with Gasteiger partial charge in [0.05, 0.1) is 6.61 Å². The van der Waals surface area contributed by atoms with Crippen molar-refractivity contribution in [1.29, 1.82) is 0 Å². The van der Waals surface area contributed by atoms with Crippen LogP contribution in [0.1, 0.15) is 32.8 Å². The van der Waals surface area contributed by atoms with E-state index in [9.17, 15) is 4.79 Å². The number of carbonyl (C=O) groups excluding carboxylic acids is 1. The molecule has 1 aromatic heterocycles. The van der Waals surface area contributed by atoms with Gasteiger partial charge in [-0.15, -0.1) is 10.2 Å². The van der Waals surface area contributed by atoms with Crippen LogP contribution in [0, 0.1) is 0 Å². The minimum Gasteiger partial charge on any atom is -0.465 e. The number of nitrogen functional groups attached to an aromatic ring is 1. The van der Waals surface area contributed by atoms with Crippen LogP contribution in [0.25, 0.3) is 11.4 Å². The summed E-state index contributed by atoms with van der Waals surface area (Å²) < 4.78 is 6.39. The van der Waals surface area contributed by atoms with E-state index >= 15 is 0 Å². The highest BCUT2D eigenvalue weighted by atomic mass is 32.2. The SMILES string of the molecule is CC(C)(C)c1ccc(-c2nnc(S[C@@H]3CCOC3=O)n2N)cc1. The molecule has 0 amide bonds. The van der Waals surface area contributed by atoms with Gasteiger partial charge in [-0.25, -0.2) is 4.68 Å². The Balaban J connectivity index is 1.82. The highest BCUT2D eigenvalue weighted by Gasteiger charge is 2.29. The van der Waals surface area contributed by atoms with Gasteiger partial charge in [0.1, 0.15) is 5.25 Å². The first-order valence-corrected chi connectivity index (χ1v) is 8.39. The Kier molecular flexibility index (Phi) is 4.06. The number of carbonyl (C=O) groups is 1. The Morgan fingerprint density at radius 1 is 1.26 bits per heavy atom. The zero-order valence-corrected chi connectivity index (χ0v) is 14.3. The number of hydrogen-bond donors (Lipinski definition) is 1. The summed E-state index contributed by atoms with van der Waals surface area (Å²) in [5.41, 5.74) is 2.24. The maximum atomic E-state index is 11.6. The summed E-state index contributed by atoms with van der Waals surface area (Å²) >= 11 is 1.30. The third-order valence-corrected chi connectivity index (χ3v) is 5.01. The third-order valence-electron chi connectivity index (χ3n) is 3.81. The normalized spacial score (nSPS) is 18.2. The summed E-state index contributed by atoms with van der Waals surface area (Å²) in [4.78, 5) is 11.6. The van der Waals surface area contributed by atoms with E-state index in [-0.39, 0.29) is 16.6 Å². The van der Waals surface area contributed by atoms with Gasteiger partial charge >= 0.3 is 5.97 Å². The molecule has 7 heteroatoms. The maximum Gasteiger partial charge on any atom is 0.319 e. The van der Waals surface area contributed by atoms with E-state index in [1.807, 2.05) is 12.1 Å². The molecule has 0 radical (unpaired) electrons. The van der Waals surface area contributed by atoms with Gasteiger partial charge in [-0.3, -0.25) is 4.79 Å². The number of nitrogens with two attached hydrogens (primary N) is 1. The van der Waals surface area contributed by atoms with E-state index in [0.717, 1.165) is 5.56 Å². The molecule has 1 fully saturated rings. The first-order chi connectivity index (χ1) is 10.9. The van der Waals surface area contributed by atoms with Crippen LogP contribution in [-0.4, -0.2) is 32.7 Å². The van der Waals surface area contributed by atoms with Crippen molar-refractivity contribution in [2.24, 2.45) is 0 Å². The molecular formula is C16H20N4O2S. The van der Waals surface area contributed by atoms with Crippen molar-refractivity contribution in [2.45, 2.75) is 43.0 Å². The van der Waals surface area contributed by atoms with E-state index in [2.05, 4.69) is 43.1 Å². The summed E-state index contributed by atoms with van der Waals surface area (Å²) in [7, 11) is 0. The van der Waals surface area contributed by atoms with E-state index < -0.39 is 0 Å². The third kappa shape index (κ3) is 3.19. The Morgan fingerprint density at radius 2 is 1.96 bits per heavy atom. The second-order valence-corrected chi connectivity index (χ2v) is 7.74. The van der Waals surface area contributed by atoms with Gasteiger partial charge in [0.2, 0.25) is 5.16 Å². The van der Waals surface area contributed by atoms with Gasteiger partial charge < -0.3 is 10.6 Å². The van der Waals surface area contributed by atoms with Crippen LogP contribution in [-0.2, 0) is 14.9 Å². The summed E-state index contributed by atoms with van der Waals surface area (Å²) in [6, 6.07) is 8.13. The highest BCUT2D eigenvalue weighted by Crippen LogP contribution is 2.30. The average molecular weight is 332 g/mol. The molecule has 1 aliphatic rings. The summed E-state index contributed by atoms with van der Waals surface area (Å²) in [5, 5.41) is 8.53. The van der Waals surface area contributed by atoms with Crippen LogP contribution >= 0.6 is 11.8 Å². The first kappa shape index (κ1) is 15.9. The second kappa shape index (κ2) is 5.88. The van der Waals surface area contributed by atoms with Crippen molar-refractivity contribution in [3.63, 3.8) is 0 Å². The van der Waals surface area contributed by atoms with Crippen LogP contribution in [0.4, 0.5) is 0 Å². The van der Waals surface area contributed by atoms with Crippen molar-refractivity contribution in [2.75, 3.05) is 12.4 Å². The number of nitrogens with zero attached hydrogens (tertiary/aromatic N) is 3. The van der Waals surface area contributed by atoms with Crippen LogP contribution in [0.5, 0.6) is 0 Å². The molecule has 1 aromatic carbocycles. The van der Waals surface area contributed by atoms with Gasteiger partial charge in [-0.05, 0) is 11.0 Å². The van der Waals surface area contributed by atoms with Crippen molar-refractivity contribution >= 4 is 17.7 Å². The summed E-state index contributed by atoms with van der Waals surface area (Å²) in [6.45, 7) is 6.96. The lowest BCUT2D eigenvalue weighted by Crippen LogP contribution is -2.16. The number of cyclic esters (lactones) is 1. The van der Waals surface area contributed by atoms with Gasteiger partial charge in [0.25, 0.3) is 0 Å². The first-order valence-electron chi connectivity index (χ1n) is 7.51. The van der Waals surface area contributed by atoms with Gasteiger partial charge in [0, 0.05) is 12.0 Å². The van der Waals surface area contributed by atoms with Gasteiger partial charge in [0.15, 0.2) is 5.82 Å². The fourth-order valence-corrected chi connectivity index (χ4v) is 3.31. The summed E-state index contributed by atoms with van der Waals surface area (Å²) in [6.07, 6.45) is 0.673. The Bertz CT molecular complexity index is 719. The molecule has 23 heavy (non-hydrogen) atoms. The van der Waals surface area contributed by atoms with Crippen molar-refractivity contribution in [3.8, 4) is 11.4 Å².